The molecule has 0 atom stereocenters. The van der Waals surface area contributed by atoms with Gasteiger partial charge in [-0.25, -0.2) is 4.57 Å². The fraction of sp³-hybridized carbons (Fsp3) is 0.0909. The number of benzene rings is 2. The van der Waals surface area contributed by atoms with Gasteiger partial charge in [-0.15, -0.1) is 0 Å². The summed E-state index contributed by atoms with van der Waals surface area (Å²) in [4.78, 5) is 4.32. The standard InChI is InChI=1S/C22H17N2O/c1-14-6-8-16-21-17-13-23-11-10-15(17)7-9-19(21)25-22(16)20(14)18-5-3-4-12-24(18)2/h3-13H,1-2H3/q+1. The van der Waals surface area contributed by atoms with E-state index in [-0.39, 0.29) is 0 Å². The fourth-order valence-corrected chi connectivity index (χ4v) is 3.70. The average Bonchev–Trinajstić information content (AvgIpc) is 3.01. The molecule has 3 aromatic heterocycles. The van der Waals surface area contributed by atoms with Gasteiger partial charge in [-0.3, -0.25) is 4.98 Å². The van der Waals surface area contributed by atoms with Gasteiger partial charge in [0, 0.05) is 40.7 Å². The quantitative estimate of drug-likeness (QED) is 0.409. The molecular formula is C22H17N2O+. The first-order valence-corrected chi connectivity index (χ1v) is 8.37. The molecule has 120 valence electrons. The third-order valence-electron chi connectivity index (χ3n) is 4.94. The lowest BCUT2D eigenvalue weighted by atomic mass is 9.99. The molecule has 0 fully saturated rings. The molecule has 25 heavy (non-hydrogen) atoms. The highest BCUT2D eigenvalue weighted by Gasteiger charge is 2.20. The van der Waals surface area contributed by atoms with Crippen molar-refractivity contribution in [1.82, 2.24) is 4.98 Å². The molecule has 3 heteroatoms. The molecule has 0 N–H and O–H groups in total. The van der Waals surface area contributed by atoms with Crippen LogP contribution in [-0.2, 0) is 7.05 Å². The van der Waals surface area contributed by atoms with Gasteiger partial charge in [-0.05, 0) is 36.1 Å². The summed E-state index contributed by atoms with van der Waals surface area (Å²) in [7, 11) is 2.07. The summed E-state index contributed by atoms with van der Waals surface area (Å²) in [5, 5.41) is 4.59. The minimum absolute atomic E-state index is 0.904. The number of nitrogens with zero attached hydrogens (tertiary/aromatic N) is 2. The van der Waals surface area contributed by atoms with E-state index in [1.54, 1.807) is 0 Å². The van der Waals surface area contributed by atoms with Crippen LogP contribution in [0.1, 0.15) is 5.56 Å². The number of furan rings is 1. The minimum Gasteiger partial charge on any atom is -0.455 e. The molecular weight excluding hydrogens is 308 g/mol. The Hall–Kier alpha value is -3.20. The molecule has 0 amide bonds. The first kappa shape index (κ1) is 14.2. The molecule has 0 aliphatic heterocycles. The van der Waals surface area contributed by atoms with Crippen LogP contribution in [0.4, 0.5) is 0 Å². The van der Waals surface area contributed by atoms with Crippen molar-refractivity contribution >= 4 is 32.7 Å². The Morgan fingerprint density at radius 1 is 0.960 bits per heavy atom. The SMILES string of the molecule is Cc1ccc2c(oc3ccc4ccncc4c32)c1-c1cccc[n+]1C. The van der Waals surface area contributed by atoms with E-state index >= 15 is 0 Å². The number of hydrogen-bond donors (Lipinski definition) is 0. The van der Waals surface area contributed by atoms with Crippen LogP contribution in [-0.4, -0.2) is 4.98 Å². The Bertz CT molecular complexity index is 1270. The highest BCUT2D eigenvalue weighted by Crippen LogP contribution is 2.39. The number of aryl methyl sites for hydroxylation is 2. The van der Waals surface area contributed by atoms with Crippen LogP contribution in [0.3, 0.4) is 0 Å². The van der Waals surface area contributed by atoms with Crippen molar-refractivity contribution in [3.05, 3.63) is 72.7 Å². The number of fused-ring (bicyclic) bond motifs is 5. The Morgan fingerprint density at radius 3 is 2.76 bits per heavy atom. The summed E-state index contributed by atoms with van der Waals surface area (Å²) >= 11 is 0. The Labute approximate surface area is 145 Å². The zero-order valence-corrected chi connectivity index (χ0v) is 14.2. The third-order valence-corrected chi connectivity index (χ3v) is 4.94. The summed E-state index contributed by atoms with van der Waals surface area (Å²) in [5.74, 6) is 0. The molecule has 0 unspecified atom stereocenters. The van der Waals surface area contributed by atoms with Gasteiger partial charge in [0.1, 0.15) is 18.2 Å². The molecule has 0 aliphatic rings. The fourth-order valence-electron chi connectivity index (χ4n) is 3.70. The van der Waals surface area contributed by atoms with Crippen molar-refractivity contribution < 1.29 is 8.98 Å². The summed E-state index contributed by atoms with van der Waals surface area (Å²) in [6, 6.07) is 16.8. The monoisotopic (exact) mass is 325 g/mol. The molecule has 0 saturated carbocycles. The second-order valence-corrected chi connectivity index (χ2v) is 6.47. The van der Waals surface area contributed by atoms with Crippen LogP contribution in [0, 0.1) is 6.92 Å². The van der Waals surface area contributed by atoms with E-state index in [0.29, 0.717) is 0 Å². The number of rotatable bonds is 1. The van der Waals surface area contributed by atoms with E-state index < -0.39 is 0 Å². The van der Waals surface area contributed by atoms with E-state index in [9.17, 15) is 0 Å². The van der Waals surface area contributed by atoms with E-state index in [1.165, 1.54) is 10.9 Å². The van der Waals surface area contributed by atoms with E-state index in [1.807, 2.05) is 24.5 Å². The highest BCUT2D eigenvalue weighted by molar-refractivity contribution is 6.20. The molecule has 0 saturated heterocycles. The van der Waals surface area contributed by atoms with E-state index in [2.05, 4.69) is 66.1 Å². The second kappa shape index (κ2) is 5.15. The van der Waals surface area contributed by atoms with Crippen molar-refractivity contribution in [2.75, 3.05) is 0 Å². The molecule has 0 bridgehead atoms. The van der Waals surface area contributed by atoms with E-state index in [4.69, 9.17) is 4.42 Å². The van der Waals surface area contributed by atoms with Crippen LogP contribution in [0.15, 0.2) is 71.5 Å². The highest BCUT2D eigenvalue weighted by atomic mass is 16.3. The number of hydrogen-bond acceptors (Lipinski definition) is 2. The van der Waals surface area contributed by atoms with Crippen molar-refractivity contribution in [2.45, 2.75) is 6.92 Å². The molecule has 2 aromatic carbocycles. The summed E-state index contributed by atoms with van der Waals surface area (Å²) in [6.45, 7) is 2.13. The van der Waals surface area contributed by atoms with Crippen LogP contribution in [0.2, 0.25) is 0 Å². The molecule has 0 aliphatic carbocycles. The van der Waals surface area contributed by atoms with Gasteiger partial charge in [0.05, 0.1) is 5.56 Å². The van der Waals surface area contributed by atoms with Crippen molar-refractivity contribution in [1.29, 1.82) is 0 Å². The van der Waals surface area contributed by atoms with E-state index in [0.717, 1.165) is 38.6 Å². The average molecular weight is 325 g/mol. The summed E-state index contributed by atoms with van der Waals surface area (Å²) in [6.07, 6.45) is 5.82. The Morgan fingerprint density at radius 2 is 1.88 bits per heavy atom. The maximum Gasteiger partial charge on any atom is 0.216 e. The second-order valence-electron chi connectivity index (χ2n) is 6.47. The molecule has 5 aromatic rings. The van der Waals surface area contributed by atoms with Crippen molar-refractivity contribution in [3.63, 3.8) is 0 Å². The smallest absolute Gasteiger partial charge is 0.216 e. The van der Waals surface area contributed by atoms with Gasteiger partial charge in [0.15, 0.2) is 6.20 Å². The van der Waals surface area contributed by atoms with Gasteiger partial charge in [-0.2, -0.15) is 0 Å². The predicted octanol–water partition coefficient (Wildman–Crippen LogP) is 4.93. The summed E-state index contributed by atoms with van der Waals surface area (Å²) in [5.41, 5.74) is 5.34. The number of pyridine rings is 2. The van der Waals surface area contributed by atoms with Gasteiger partial charge in [-0.1, -0.05) is 18.2 Å². The first-order valence-electron chi connectivity index (χ1n) is 8.37. The van der Waals surface area contributed by atoms with Crippen LogP contribution >= 0.6 is 0 Å². The van der Waals surface area contributed by atoms with Gasteiger partial charge >= 0.3 is 0 Å². The molecule has 0 radical (unpaired) electrons. The lowest BCUT2D eigenvalue weighted by Crippen LogP contribution is -2.30. The Balaban J connectivity index is 1.99. The lowest BCUT2D eigenvalue weighted by Gasteiger charge is -2.05. The van der Waals surface area contributed by atoms with Crippen LogP contribution in [0.25, 0.3) is 44.0 Å². The van der Waals surface area contributed by atoms with Crippen molar-refractivity contribution in [3.8, 4) is 11.3 Å². The zero-order chi connectivity index (χ0) is 17.0. The lowest BCUT2D eigenvalue weighted by molar-refractivity contribution is -0.660. The van der Waals surface area contributed by atoms with Crippen LogP contribution < -0.4 is 4.57 Å². The van der Waals surface area contributed by atoms with Gasteiger partial charge in [0.2, 0.25) is 5.69 Å². The minimum atomic E-state index is 0.904. The van der Waals surface area contributed by atoms with Gasteiger partial charge in [0.25, 0.3) is 0 Å². The van der Waals surface area contributed by atoms with Crippen molar-refractivity contribution in [2.24, 2.45) is 7.05 Å². The Kier molecular flexibility index (Phi) is 2.92. The maximum atomic E-state index is 6.34. The molecule has 0 spiro atoms. The third kappa shape index (κ3) is 1.99. The predicted molar refractivity (Wildman–Crippen MR) is 100 cm³/mol. The van der Waals surface area contributed by atoms with Gasteiger partial charge < -0.3 is 4.42 Å². The first-order chi connectivity index (χ1) is 12.2. The molecule has 3 heterocycles. The normalized spacial score (nSPS) is 11.6. The van der Waals surface area contributed by atoms with Crippen LogP contribution in [0.5, 0.6) is 0 Å². The molecule has 5 rings (SSSR count). The number of aromatic nitrogens is 2. The zero-order valence-electron chi connectivity index (χ0n) is 14.2. The molecule has 3 nitrogen and oxygen atoms in total. The largest absolute Gasteiger partial charge is 0.455 e. The maximum absolute atomic E-state index is 6.34. The summed E-state index contributed by atoms with van der Waals surface area (Å²) < 4.78 is 8.47. The topological polar surface area (TPSA) is 29.9 Å².